The summed E-state index contributed by atoms with van der Waals surface area (Å²) in [4.78, 5) is 24.1. The van der Waals surface area contributed by atoms with Gasteiger partial charge in [-0.25, -0.2) is 14.4 Å². The van der Waals surface area contributed by atoms with Crippen LogP contribution in [0.5, 0.6) is 11.6 Å². The van der Waals surface area contributed by atoms with E-state index in [-0.39, 0.29) is 23.3 Å². The number of halogens is 2. The Morgan fingerprint density at radius 3 is 2.70 bits per heavy atom. The van der Waals surface area contributed by atoms with Gasteiger partial charge in [0.05, 0.1) is 35.6 Å². The Hall–Kier alpha value is -3.10. The number of hydrogen-bond acceptors (Lipinski definition) is 7. The lowest BCUT2D eigenvalue weighted by molar-refractivity contribution is -0.143. The van der Waals surface area contributed by atoms with E-state index in [0.717, 1.165) is 11.6 Å². The van der Waals surface area contributed by atoms with E-state index in [2.05, 4.69) is 15.0 Å². The van der Waals surface area contributed by atoms with Crippen LogP contribution < -0.4 is 10.5 Å². The van der Waals surface area contributed by atoms with Gasteiger partial charge in [-0.2, -0.15) is 0 Å². The summed E-state index contributed by atoms with van der Waals surface area (Å²) in [6.45, 7) is 2.07. The minimum absolute atomic E-state index is 0.112. The second-order valence-electron chi connectivity index (χ2n) is 6.44. The van der Waals surface area contributed by atoms with Gasteiger partial charge in [-0.3, -0.25) is 9.78 Å². The Morgan fingerprint density at radius 1 is 1.23 bits per heavy atom. The average Bonchev–Trinajstić information content (AvgIpc) is 2.71. The van der Waals surface area contributed by atoms with E-state index in [1.54, 1.807) is 43.6 Å². The molecule has 3 aromatic rings. The molecular weight excluding hydrogens is 411 g/mol. The molecule has 0 radical (unpaired) electrons. The molecule has 30 heavy (non-hydrogen) atoms. The van der Waals surface area contributed by atoms with Crippen LogP contribution in [0.25, 0.3) is 11.3 Å². The van der Waals surface area contributed by atoms with Gasteiger partial charge < -0.3 is 15.2 Å². The first-order chi connectivity index (χ1) is 14.4. The Labute approximate surface area is 178 Å². The quantitative estimate of drug-likeness (QED) is 0.540. The molecule has 2 heterocycles. The van der Waals surface area contributed by atoms with Crippen molar-refractivity contribution in [3.8, 4) is 22.9 Å². The van der Waals surface area contributed by atoms with Crippen molar-refractivity contribution in [2.75, 3.05) is 6.61 Å². The molecule has 0 aliphatic rings. The van der Waals surface area contributed by atoms with E-state index < -0.39 is 11.9 Å². The number of pyridine rings is 1. The lowest BCUT2D eigenvalue weighted by atomic mass is 10.1. The molecule has 0 amide bonds. The lowest BCUT2D eigenvalue weighted by Crippen LogP contribution is -2.27. The number of benzene rings is 1. The van der Waals surface area contributed by atoms with Gasteiger partial charge in [0, 0.05) is 30.4 Å². The number of nitrogens with two attached hydrogens (primary N) is 1. The van der Waals surface area contributed by atoms with E-state index >= 15 is 0 Å². The van der Waals surface area contributed by atoms with Gasteiger partial charge >= 0.3 is 5.97 Å². The van der Waals surface area contributed by atoms with Crippen LogP contribution in [0.15, 0.2) is 48.9 Å². The lowest BCUT2D eigenvalue weighted by Gasteiger charge is -2.11. The Kier molecular flexibility index (Phi) is 7.26. The zero-order valence-corrected chi connectivity index (χ0v) is 17.0. The van der Waals surface area contributed by atoms with Crippen molar-refractivity contribution in [1.29, 1.82) is 0 Å². The van der Waals surface area contributed by atoms with Crippen molar-refractivity contribution in [2.24, 2.45) is 5.73 Å². The van der Waals surface area contributed by atoms with Gasteiger partial charge in [-0.15, -0.1) is 0 Å². The minimum atomic E-state index is -0.649. The number of aromatic nitrogens is 3. The molecule has 3 rings (SSSR count). The van der Waals surface area contributed by atoms with Crippen LogP contribution in [-0.2, 0) is 16.0 Å². The predicted octanol–water partition coefficient (Wildman–Crippen LogP) is 3.95. The molecular formula is C21H20ClFN4O3. The standard InChI is InChI=1S/C21H20ClFN4O3/c1-2-29-20(28)9-15(24)8-16-11-25-12-19(27-16)13-3-5-17(6-4-13)30-21-18(23)7-14(22)10-26-21/h3-7,10-12,15H,2,8-9,24H2,1H3. The normalized spacial score (nSPS) is 11.7. The summed E-state index contributed by atoms with van der Waals surface area (Å²) in [5, 5.41) is 0.190. The smallest absolute Gasteiger partial charge is 0.307 e. The first-order valence-electron chi connectivity index (χ1n) is 9.26. The van der Waals surface area contributed by atoms with Crippen molar-refractivity contribution < 1.29 is 18.7 Å². The first kappa shape index (κ1) is 21.6. The molecule has 0 saturated heterocycles. The highest BCUT2D eigenvalue weighted by Gasteiger charge is 2.13. The Balaban J connectivity index is 1.67. The SMILES string of the molecule is CCOC(=O)CC(N)Cc1cncc(-c2ccc(Oc3ncc(Cl)cc3F)cc2)n1. The van der Waals surface area contributed by atoms with Crippen LogP contribution in [-0.4, -0.2) is 33.6 Å². The molecule has 0 saturated carbocycles. The predicted molar refractivity (Wildman–Crippen MR) is 110 cm³/mol. The summed E-state index contributed by atoms with van der Waals surface area (Å²) in [5.74, 6) is -0.738. The van der Waals surface area contributed by atoms with Crippen LogP contribution in [0.4, 0.5) is 4.39 Å². The summed E-state index contributed by atoms with van der Waals surface area (Å²) in [5.41, 5.74) is 8.10. The van der Waals surface area contributed by atoms with Crippen LogP contribution in [0.2, 0.25) is 5.02 Å². The fourth-order valence-corrected chi connectivity index (χ4v) is 2.85. The van der Waals surface area contributed by atoms with Crippen LogP contribution in [0.1, 0.15) is 19.0 Å². The van der Waals surface area contributed by atoms with E-state index in [0.29, 0.717) is 30.2 Å². The monoisotopic (exact) mass is 430 g/mol. The molecule has 9 heteroatoms. The second-order valence-corrected chi connectivity index (χ2v) is 6.87. The average molecular weight is 431 g/mol. The maximum Gasteiger partial charge on any atom is 0.307 e. The zero-order valence-electron chi connectivity index (χ0n) is 16.2. The van der Waals surface area contributed by atoms with Crippen molar-refractivity contribution in [2.45, 2.75) is 25.8 Å². The van der Waals surface area contributed by atoms with E-state index in [1.807, 2.05) is 0 Å². The van der Waals surface area contributed by atoms with E-state index in [1.165, 1.54) is 6.20 Å². The zero-order chi connectivity index (χ0) is 21.5. The first-order valence-corrected chi connectivity index (χ1v) is 9.64. The molecule has 2 aromatic heterocycles. The van der Waals surface area contributed by atoms with Gasteiger partial charge in [-0.05, 0) is 37.3 Å². The molecule has 7 nitrogen and oxygen atoms in total. The molecule has 0 spiro atoms. The topological polar surface area (TPSA) is 100 Å². The van der Waals surface area contributed by atoms with Gasteiger partial charge in [0.2, 0.25) is 0 Å². The Bertz CT molecular complexity index is 1020. The number of carbonyl (C=O) groups excluding carboxylic acids is 1. The molecule has 0 aliphatic carbocycles. The summed E-state index contributed by atoms with van der Waals surface area (Å²) in [7, 11) is 0. The minimum Gasteiger partial charge on any atom is -0.466 e. The highest BCUT2D eigenvalue weighted by atomic mass is 35.5. The number of rotatable bonds is 8. The molecule has 2 N–H and O–H groups in total. The molecule has 1 aromatic carbocycles. The molecule has 0 fully saturated rings. The third kappa shape index (κ3) is 5.95. The number of esters is 1. The largest absolute Gasteiger partial charge is 0.466 e. The van der Waals surface area contributed by atoms with E-state index in [9.17, 15) is 9.18 Å². The van der Waals surface area contributed by atoms with Gasteiger partial charge in [0.1, 0.15) is 5.75 Å². The Morgan fingerprint density at radius 2 is 2.00 bits per heavy atom. The summed E-state index contributed by atoms with van der Waals surface area (Å²) in [6, 6.07) is 7.61. The molecule has 0 bridgehead atoms. The highest BCUT2D eigenvalue weighted by molar-refractivity contribution is 6.30. The molecule has 0 aliphatic heterocycles. The highest BCUT2D eigenvalue weighted by Crippen LogP contribution is 2.26. The van der Waals surface area contributed by atoms with Gasteiger partial charge in [0.15, 0.2) is 5.82 Å². The maximum absolute atomic E-state index is 13.8. The molecule has 1 atom stereocenters. The second kappa shape index (κ2) is 10.1. The molecule has 1 unspecified atom stereocenters. The van der Waals surface area contributed by atoms with E-state index in [4.69, 9.17) is 26.8 Å². The third-order valence-corrected chi connectivity index (χ3v) is 4.24. The number of hydrogen-bond donors (Lipinski definition) is 1. The summed E-state index contributed by atoms with van der Waals surface area (Å²) >= 11 is 5.69. The number of carbonyl (C=O) groups is 1. The maximum atomic E-state index is 13.8. The molecule has 156 valence electrons. The summed E-state index contributed by atoms with van der Waals surface area (Å²) < 4.78 is 24.2. The van der Waals surface area contributed by atoms with Crippen molar-refractivity contribution >= 4 is 17.6 Å². The third-order valence-electron chi connectivity index (χ3n) is 4.03. The van der Waals surface area contributed by atoms with Crippen LogP contribution in [0.3, 0.4) is 0 Å². The van der Waals surface area contributed by atoms with Crippen molar-refractivity contribution in [1.82, 2.24) is 15.0 Å². The number of nitrogens with zero attached hydrogens (tertiary/aromatic N) is 3. The van der Waals surface area contributed by atoms with Gasteiger partial charge in [0.25, 0.3) is 5.88 Å². The van der Waals surface area contributed by atoms with Crippen molar-refractivity contribution in [3.63, 3.8) is 0 Å². The fraction of sp³-hybridized carbons (Fsp3) is 0.238. The fourth-order valence-electron chi connectivity index (χ4n) is 2.70. The summed E-state index contributed by atoms with van der Waals surface area (Å²) in [6.07, 6.45) is 5.04. The van der Waals surface area contributed by atoms with Crippen molar-refractivity contribution in [3.05, 3.63) is 65.5 Å². The van der Waals surface area contributed by atoms with Crippen LogP contribution >= 0.6 is 11.6 Å². The van der Waals surface area contributed by atoms with Gasteiger partial charge in [-0.1, -0.05) is 11.6 Å². The van der Waals surface area contributed by atoms with Crippen LogP contribution in [0, 0.1) is 5.82 Å². The number of ether oxygens (including phenoxy) is 2.